The van der Waals surface area contributed by atoms with E-state index in [0.717, 1.165) is 21.2 Å². The quantitative estimate of drug-likeness (QED) is 0.653. The minimum absolute atomic E-state index is 0.0914. The monoisotopic (exact) mass is 371 g/mol. The summed E-state index contributed by atoms with van der Waals surface area (Å²) >= 11 is 2.86. The summed E-state index contributed by atoms with van der Waals surface area (Å²) in [6.07, 6.45) is 0. The number of amides is 1. The predicted octanol–water partition coefficient (Wildman–Crippen LogP) is 4.33. The van der Waals surface area contributed by atoms with Gasteiger partial charge in [0.25, 0.3) is 0 Å². The average molecular weight is 371 g/mol. The number of hydrogen-bond acceptors (Lipinski definition) is 6. The number of carbonyl (C=O) groups is 1. The van der Waals surface area contributed by atoms with E-state index in [0.29, 0.717) is 5.13 Å². The Morgan fingerprint density at radius 1 is 1.12 bits per heavy atom. The van der Waals surface area contributed by atoms with Crippen LogP contribution in [0.25, 0.3) is 10.6 Å². The fourth-order valence-electron chi connectivity index (χ4n) is 2.09. The number of thioether (sulfide) groups is 1. The highest BCUT2D eigenvalue weighted by molar-refractivity contribution is 8.00. The number of hydrogen-bond donors (Lipinski definition) is 1. The van der Waals surface area contributed by atoms with E-state index in [4.69, 9.17) is 4.74 Å². The number of anilines is 1. The third-order valence-electron chi connectivity index (χ3n) is 3.42. The van der Waals surface area contributed by atoms with Gasteiger partial charge in [0.1, 0.15) is 10.8 Å². The topological polar surface area (TPSA) is 64.1 Å². The second-order valence-corrected chi connectivity index (χ2v) is 7.59. The molecule has 1 aromatic heterocycles. The van der Waals surface area contributed by atoms with E-state index in [-0.39, 0.29) is 11.2 Å². The van der Waals surface area contributed by atoms with Gasteiger partial charge in [0, 0.05) is 10.5 Å². The van der Waals surface area contributed by atoms with Gasteiger partial charge in [-0.25, -0.2) is 0 Å². The molecule has 0 fully saturated rings. The lowest BCUT2D eigenvalue weighted by molar-refractivity contribution is -0.115. The van der Waals surface area contributed by atoms with Crippen LogP contribution in [0, 0.1) is 0 Å². The van der Waals surface area contributed by atoms with Crippen LogP contribution in [0.3, 0.4) is 0 Å². The molecule has 1 amide bonds. The van der Waals surface area contributed by atoms with Crippen molar-refractivity contribution < 1.29 is 9.53 Å². The summed E-state index contributed by atoms with van der Waals surface area (Å²) in [4.78, 5) is 13.4. The van der Waals surface area contributed by atoms with E-state index in [9.17, 15) is 4.79 Å². The number of carbonyl (C=O) groups excluding carboxylic acids is 1. The van der Waals surface area contributed by atoms with Crippen LogP contribution in [-0.2, 0) is 4.79 Å². The molecule has 7 heteroatoms. The molecular weight excluding hydrogens is 354 g/mol. The molecule has 0 aliphatic carbocycles. The zero-order valence-electron chi connectivity index (χ0n) is 13.8. The lowest BCUT2D eigenvalue weighted by Gasteiger charge is -2.09. The summed E-state index contributed by atoms with van der Waals surface area (Å²) < 4.78 is 5.15. The van der Waals surface area contributed by atoms with E-state index >= 15 is 0 Å². The van der Waals surface area contributed by atoms with Crippen LogP contribution in [0.1, 0.15) is 6.92 Å². The normalized spacial score (nSPS) is 11.8. The van der Waals surface area contributed by atoms with Crippen LogP contribution in [0.2, 0.25) is 0 Å². The number of methoxy groups -OCH3 is 1. The number of nitrogens with one attached hydrogen (secondary N) is 1. The molecule has 0 radical (unpaired) electrons. The molecule has 0 aliphatic rings. The van der Waals surface area contributed by atoms with E-state index in [1.54, 1.807) is 7.11 Å². The van der Waals surface area contributed by atoms with Gasteiger partial charge in [-0.15, -0.1) is 22.0 Å². The lowest BCUT2D eigenvalue weighted by Crippen LogP contribution is -2.22. The first-order valence-corrected chi connectivity index (χ1v) is 9.36. The summed E-state index contributed by atoms with van der Waals surface area (Å²) in [5.74, 6) is 0.694. The number of benzene rings is 2. The highest BCUT2D eigenvalue weighted by atomic mass is 32.2. The van der Waals surface area contributed by atoms with Crippen molar-refractivity contribution in [2.24, 2.45) is 0 Å². The molecule has 0 bridgehead atoms. The summed E-state index contributed by atoms with van der Waals surface area (Å²) in [6.45, 7) is 1.87. The van der Waals surface area contributed by atoms with Gasteiger partial charge in [0.05, 0.1) is 12.4 Å². The molecule has 1 heterocycles. The van der Waals surface area contributed by atoms with Crippen LogP contribution in [0.4, 0.5) is 5.13 Å². The SMILES string of the molecule is COc1ccc(-c2nnc(NC(=O)[C@H](C)Sc3ccccc3)s2)cc1. The van der Waals surface area contributed by atoms with Crippen LogP contribution in [0.15, 0.2) is 59.5 Å². The molecule has 0 unspecified atom stereocenters. The zero-order valence-corrected chi connectivity index (χ0v) is 15.4. The number of rotatable bonds is 6. The standard InChI is InChI=1S/C18H17N3O2S2/c1-12(24-15-6-4-3-5-7-15)16(22)19-18-21-20-17(25-18)13-8-10-14(23-2)11-9-13/h3-12H,1-2H3,(H,19,21,22)/t12-/m0/s1. The first-order chi connectivity index (χ1) is 12.2. The van der Waals surface area contributed by atoms with Gasteiger partial charge in [-0.2, -0.15) is 0 Å². The number of nitrogens with zero attached hydrogens (tertiary/aromatic N) is 2. The van der Waals surface area contributed by atoms with Crippen LogP contribution in [-0.4, -0.2) is 28.5 Å². The van der Waals surface area contributed by atoms with E-state index in [1.807, 2.05) is 61.5 Å². The molecule has 0 saturated heterocycles. The van der Waals surface area contributed by atoms with Gasteiger partial charge in [-0.3, -0.25) is 10.1 Å². The molecule has 1 N–H and O–H groups in total. The van der Waals surface area contributed by atoms with Gasteiger partial charge in [0.15, 0.2) is 0 Å². The molecule has 3 rings (SSSR count). The van der Waals surface area contributed by atoms with Gasteiger partial charge in [-0.05, 0) is 43.3 Å². The first-order valence-electron chi connectivity index (χ1n) is 7.66. The Balaban J connectivity index is 1.63. The highest BCUT2D eigenvalue weighted by Crippen LogP contribution is 2.29. The first kappa shape index (κ1) is 17.4. The second kappa shape index (κ2) is 8.13. The van der Waals surface area contributed by atoms with Gasteiger partial charge >= 0.3 is 0 Å². The Bertz CT molecular complexity index is 835. The molecule has 25 heavy (non-hydrogen) atoms. The third kappa shape index (κ3) is 4.58. The summed E-state index contributed by atoms with van der Waals surface area (Å²) in [7, 11) is 1.63. The number of aromatic nitrogens is 2. The van der Waals surface area contributed by atoms with Crippen molar-refractivity contribution in [2.45, 2.75) is 17.1 Å². The zero-order chi connectivity index (χ0) is 17.6. The van der Waals surface area contributed by atoms with Crippen molar-refractivity contribution >= 4 is 34.1 Å². The molecule has 0 spiro atoms. The average Bonchev–Trinajstić information content (AvgIpc) is 3.11. The predicted molar refractivity (Wildman–Crippen MR) is 102 cm³/mol. The fraction of sp³-hybridized carbons (Fsp3) is 0.167. The van der Waals surface area contributed by atoms with Crippen molar-refractivity contribution in [3.05, 3.63) is 54.6 Å². The maximum atomic E-state index is 12.3. The Kier molecular flexibility index (Phi) is 5.67. The van der Waals surface area contributed by atoms with E-state index in [2.05, 4.69) is 15.5 Å². The maximum Gasteiger partial charge on any atom is 0.239 e. The van der Waals surface area contributed by atoms with Crippen molar-refractivity contribution in [3.8, 4) is 16.3 Å². The lowest BCUT2D eigenvalue weighted by atomic mass is 10.2. The number of ether oxygens (including phenoxy) is 1. The molecule has 128 valence electrons. The Labute approximate surface area is 154 Å². The van der Waals surface area contributed by atoms with Crippen LogP contribution >= 0.6 is 23.1 Å². The smallest absolute Gasteiger partial charge is 0.239 e. The van der Waals surface area contributed by atoms with Gasteiger partial charge in [0.2, 0.25) is 11.0 Å². The van der Waals surface area contributed by atoms with Crippen molar-refractivity contribution in [1.29, 1.82) is 0 Å². The summed E-state index contributed by atoms with van der Waals surface area (Å²) in [6, 6.07) is 17.4. The van der Waals surface area contributed by atoms with Crippen molar-refractivity contribution in [2.75, 3.05) is 12.4 Å². The largest absolute Gasteiger partial charge is 0.497 e. The van der Waals surface area contributed by atoms with Gasteiger partial charge < -0.3 is 4.74 Å². The Hall–Kier alpha value is -2.38. The molecule has 5 nitrogen and oxygen atoms in total. The van der Waals surface area contributed by atoms with Gasteiger partial charge in [-0.1, -0.05) is 29.5 Å². The molecule has 2 aromatic carbocycles. The third-order valence-corrected chi connectivity index (χ3v) is 5.42. The Morgan fingerprint density at radius 3 is 2.52 bits per heavy atom. The second-order valence-electron chi connectivity index (χ2n) is 5.20. The molecular formula is C18H17N3O2S2. The molecule has 1 atom stereocenters. The fourth-order valence-corrected chi connectivity index (χ4v) is 3.73. The van der Waals surface area contributed by atoms with Crippen molar-refractivity contribution in [1.82, 2.24) is 10.2 Å². The summed E-state index contributed by atoms with van der Waals surface area (Å²) in [5, 5.41) is 12.1. The van der Waals surface area contributed by atoms with Crippen LogP contribution in [0.5, 0.6) is 5.75 Å². The van der Waals surface area contributed by atoms with Crippen LogP contribution < -0.4 is 10.1 Å². The molecule has 0 aliphatic heterocycles. The summed E-state index contributed by atoms with van der Waals surface area (Å²) in [5.41, 5.74) is 0.936. The Morgan fingerprint density at radius 2 is 1.84 bits per heavy atom. The van der Waals surface area contributed by atoms with E-state index in [1.165, 1.54) is 23.1 Å². The maximum absolute atomic E-state index is 12.3. The van der Waals surface area contributed by atoms with E-state index < -0.39 is 0 Å². The molecule has 0 saturated carbocycles. The minimum atomic E-state index is -0.226. The van der Waals surface area contributed by atoms with Crippen molar-refractivity contribution in [3.63, 3.8) is 0 Å². The highest BCUT2D eigenvalue weighted by Gasteiger charge is 2.17. The molecule has 3 aromatic rings. The minimum Gasteiger partial charge on any atom is -0.497 e.